The molecule has 0 aliphatic carbocycles. The fourth-order valence-electron chi connectivity index (χ4n) is 2.56. The summed E-state index contributed by atoms with van der Waals surface area (Å²) in [6.07, 6.45) is 2.52. The number of hydrogen-bond acceptors (Lipinski definition) is 3. The van der Waals surface area contributed by atoms with Crippen LogP contribution in [0.25, 0.3) is 0 Å². The second kappa shape index (κ2) is 5.56. The standard InChI is InChI=1S/C17H17NO3/c1-2-13-7-8-15(21-13)16(19)12-6-5-11-4-3-9-18-17(20)14(11)10-12/h5-8,10H,2-4,9H2,1H3,(H,18,20). The van der Waals surface area contributed by atoms with E-state index in [0.29, 0.717) is 23.4 Å². The molecule has 1 N–H and O–H groups in total. The fourth-order valence-corrected chi connectivity index (χ4v) is 2.56. The zero-order chi connectivity index (χ0) is 14.8. The van der Waals surface area contributed by atoms with E-state index in [1.807, 2.05) is 19.1 Å². The molecular formula is C17H17NO3. The van der Waals surface area contributed by atoms with Gasteiger partial charge < -0.3 is 9.73 Å². The minimum absolute atomic E-state index is 0.106. The number of hydrogen-bond donors (Lipinski definition) is 1. The number of amides is 1. The van der Waals surface area contributed by atoms with Crippen molar-refractivity contribution in [2.24, 2.45) is 0 Å². The third kappa shape index (κ3) is 2.61. The summed E-state index contributed by atoms with van der Waals surface area (Å²) in [6, 6.07) is 8.81. The van der Waals surface area contributed by atoms with Crippen molar-refractivity contribution >= 4 is 11.7 Å². The SMILES string of the molecule is CCc1ccc(C(=O)c2ccc3c(c2)C(=O)NCCC3)o1. The van der Waals surface area contributed by atoms with E-state index in [-0.39, 0.29) is 11.7 Å². The molecule has 1 aliphatic rings. The Hall–Kier alpha value is -2.36. The molecule has 0 unspecified atom stereocenters. The first-order valence-electron chi connectivity index (χ1n) is 7.23. The van der Waals surface area contributed by atoms with Crippen molar-refractivity contribution in [1.82, 2.24) is 5.32 Å². The Bertz CT molecular complexity index is 700. The molecule has 4 heteroatoms. The van der Waals surface area contributed by atoms with Crippen molar-refractivity contribution < 1.29 is 14.0 Å². The molecule has 2 heterocycles. The largest absolute Gasteiger partial charge is 0.458 e. The second-order valence-electron chi connectivity index (χ2n) is 5.18. The maximum absolute atomic E-state index is 12.4. The van der Waals surface area contributed by atoms with Gasteiger partial charge in [-0.25, -0.2) is 0 Å². The summed E-state index contributed by atoms with van der Waals surface area (Å²) in [5.74, 6) is 0.812. The number of nitrogens with one attached hydrogen (secondary N) is 1. The highest BCUT2D eigenvalue weighted by atomic mass is 16.3. The van der Waals surface area contributed by atoms with Crippen LogP contribution in [-0.4, -0.2) is 18.2 Å². The van der Waals surface area contributed by atoms with E-state index in [9.17, 15) is 9.59 Å². The predicted octanol–water partition coefficient (Wildman–Crippen LogP) is 2.75. The number of fused-ring (bicyclic) bond motifs is 1. The Labute approximate surface area is 123 Å². The lowest BCUT2D eigenvalue weighted by Crippen LogP contribution is -2.22. The molecule has 0 fully saturated rings. The first kappa shape index (κ1) is 13.6. The first-order chi connectivity index (χ1) is 10.2. The molecule has 2 aromatic rings. The van der Waals surface area contributed by atoms with Crippen LogP contribution in [-0.2, 0) is 12.8 Å². The normalized spacial score (nSPS) is 14.2. The summed E-state index contributed by atoms with van der Waals surface area (Å²) < 4.78 is 5.49. The van der Waals surface area contributed by atoms with Crippen molar-refractivity contribution in [3.63, 3.8) is 0 Å². The highest BCUT2D eigenvalue weighted by molar-refractivity contribution is 6.09. The van der Waals surface area contributed by atoms with Crippen molar-refractivity contribution in [2.45, 2.75) is 26.2 Å². The van der Waals surface area contributed by atoms with Gasteiger partial charge in [-0.2, -0.15) is 0 Å². The summed E-state index contributed by atoms with van der Waals surface area (Å²) in [4.78, 5) is 24.4. The predicted molar refractivity (Wildman–Crippen MR) is 78.6 cm³/mol. The molecule has 0 bridgehead atoms. The zero-order valence-corrected chi connectivity index (χ0v) is 11.9. The van der Waals surface area contributed by atoms with Gasteiger partial charge in [0.25, 0.3) is 5.91 Å². The van der Waals surface area contributed by atoms with Crippen LogP contribution in [0, 0.1) is 0 Å². The van der Waals surface area contributed by atoms with Crippen molar-refractivity contribution in [3.8, 4) is 0 Å². The number of ketones is 1. The van der Waals surface area contributed by atoms with E-state index < -0.39 is 0 Å². The van der Waals surface area contributed by atoms with Crippen LogP contribution in [0.3, 0.4) is 0 Å². The number of benzene rings is 1. The average Bonchev–Trinajstić information content (AvgIpc) is 2.92. The maximum atomic E-state index is 12.4. The van der Waals surface area contributed by atoms with Crippen LogP contribution in [0.4, 0.5) is 0 Å². The van der Waals surface area contributed by atoms with Gasteiger partial charge in [0.05, 0.1) is 0 Å². The molecule has 1 aromatic carbocycles. The van der Waals surface area contributed by atoms with Crippen molar-refractivity contribution in [3.05, 3.63) is 58.5 Å². The summed E-state index contributed by atoms with van der Waals surface area (Å²) in [5.41, 5.74) is 2.08. The highest BCUT2D eigenvalue weighted by Crippen LogP contribution is 2.20. The third-order valence-corrected chi connectivity index (χ3v) is 3.76. The van der Waals surface area contributed by atoms with E-state index in [1.165, 1.54) is 0 Å². The second-order valence-corrected chi connectivity index (χ2v) is 5.18. The lowest BCUT2D eigenvalue weighted by Gasteiger charge is -2.06. The van der Waals surface area contributed by atoms with Gasteiger partial charge in [-0.05, 0) is 36.6 Å². The molecule has 1 amide bonds. The zero-order valence-electron chi connectivity index (χ0n) is 11.9. The topological polar surface area (TPSA) is 59.3 Å². The summed E-state index contributed by atoms with van der Waals surface area (Å²) in [5, 5.41) is 2.85. The molecule has 0 radical (unpaired) electrons. The van der Waals surface area contributed by atoms with E-state index in [2.05, 4.69) is 5.32 Å². The fraction of sp³-hybridized carbons (Fsp3) is 0.294. The maximum Gasteiger partial charge on any atom is 0.251 e. The van der Waals surface area contributed by atoms with Gasteiger partial charge in [-0.1, -0.05) is 19.1 Å². The van der Waals surface area contributed by atoms with E-state index >= 15 is 0 Å². The van der Waals surface area contributed by atoms with Gasteiger partial charge in [0.2, 0.25) is 5.78 Å². The van der Waals surface area contributed by atoms with Crippen LogP contribution >= 0.6 is 0 Å². The lowest BCUT2D eigenvalue weighted by molar-refractivity contribution is 0.0956. The van der Waals surface area contributed by atoms with Gasteiger partial charge in [-0.3, -0.25) is 9.59 Å². The average molecular weight is 283 g/mol. The van der Waals surface area contributed by atoms with Crippen molar-refractivity contribution in [2.75, 3.05) is 6.54 Å². The molecular weight excluding hydrogens is 266 g/mol. The van der Waals surface area contributed by atoms with E-state index in [4.69, 9.17) is 4.42 Å². The van der Waals surface area contributed by atoms with Crippen LogP contribution in [0.15, 0.2) is 34.7 Å². The molecule has 108 valence electrons. The number of rotatable bonds is 3. The molecule has 1 aromatic heterocycles. The molecule has 21 heavy (non-hydrogen) atoms. The number of carbonyl (C=O) groups excluding carboxylic acids is 2. The Morgan fingerprint density at radius 1 is 1.29 bits per heavy atom. The van der Waals surface area contributed by atoms with Gasteiger partial charge in [0.1, 0.15) is 5.76 Å². The summed E-state index contributed by atoms with van der Waals surface area (Å²) >= 11 is 0. The van der Waals surface area contributed by atoms with Crippen LogP contribution in [0.2, 0.25) is 0 Å². The number of aryl methyl sites for hydroxylation is 2. The minimum Gasteiger partial charge on any atom is -0.458 e. The summed E-state index contributed by atoms with van der Waals surface area (Å²) in [7, 11) is 0. The van der Waals surface area contributed by atoms with Crippen LogP contribution in [0.1, 0.15) is 51.1 Å². The van der Waals surface area contributed by atoms with Crippen molar-refractivity contribution in [1.29, 1.82) is 0 Å². The smallest absolute Gasteiger partial charge is 0.251 e. The van der Waals surface area contributed by atoms with Gasteiger partial charge in [0.15, 0.2) is 5.76 Å². The first-order valence-corrected chi connectivity index (χ1v) is 7.23. The number of carbonyl (C=O) groups is 2. The number of furan rings is 1. The summed E-state index contributed by atoms with van der Waals surface area (Å²) in [6.45, 7) is 2.65. The van der Waals surface area contributed by atoms with E-state index in [1.54, 1.807) is 18.2 Å². The van der Waals surface area contributed by atoms with Gasteiger partial charge in [-0.15, -0.1) is 0 Å². The molecule has 0 saturated carbocycles. The van der Waals surface area contributed by atoms with Gasteiger partial charge in [0, 0.05) is 24.1 Å². The van der Waals surface area contributed by atoms with Crippen LogP contribution in [0.5, 0.6) is 0 Å². The molecule has 3 rings (SSSR count). The molecule has 4 nitrogen and oxygen atoms in total. The Balaban J connectivity index is 1.96. The lowest BCUT2D eigenvalue weighted by atomic mass is 9.98. The monoisotopic (exact) mass is 283 g/mol. The molecule has 1 aliphatic heterocycles. The quantitative estimate of drug-likeness (QED) is 0.881. The Morgan fingerprint density at radius 2 is 2.14 bits per heavy atom. The Morgan fingerprint density at radius 3 is 2.90 bits per heavy atom. The molecule has 0 atom stereocenters. The van der Waals surface area contributed by atoms with Crippen LogP contribution < -0.4 is 5.32 Å². The van der Waals surface area contributed by atoms with Gasteiger partial charge >= 0.3 is 0 Å². The highest BCUT2D eigenvalue weighted by Gasteiger charge is 2.19. The van der Waals surface area contributed by atoms with E-state index in [0.717, 1.165) is 30.6 Å². The molecule has 0 saturated heterocycles. The Kier molecular flexibility index (Phi) is 3.60. The minimum atomic E-state index is -0.186. The third-order valence-electron chi connectivity index (χ3n) is 3.76. The molecule has 0 spiro atoms.